The molecule has 0 aliphatic carbocycles. The summed E-state index contributed by atoms with van der Waals surface area (Å²) in [6.07, 6.45) is 1.12. The molecule has 1 atom stereocenters. The largest absolute Gasteiger partial charge is 0.360 e. The third-order valence-corrected chi connectivity index (χ3v) is 6.81. The molecular formula is C30H42N2O. The highest BCUT2D eigenvalue weighted by Crippen LogP contribution is 2.48. The molecule has 1 aliphatic heterocycles. The summed E-state index contributed by atoms with van der Waals surface area (Å²) in [5.41, 5.74) is 7.82. The first-order valence-electron chi connectivity index (χ1n) is 12.7. The van der Waals surface area contributed by atoms with E-state index in [-0.39, 0.29) is 11.2 Å². The van der Waals surface area contributed by atoms with Crippen molar-refractivity contribution in [3.63, 3.8) is 0 Å². The quantitative estimate of drug-likeness (QED) is 0.307. The zero-order valence-corrected chi connectivity index (χ0v) is 22.6. The molecule has 0 N–H and O–H groups in total. The number of hydrogen-bond acceptors (Lipinski definition) is 2. The molecule has 0 saturated heterocycles. The Balaban J connectivity index is 0.000000728. The van der Waals surface area contributed by atoms with Crippen molar-refractivity contribution in [1.82, 2.24) is 9.38 Å². The van der Waals surface area contributed by atoms with Crippen molar-refractivity contribution in [1.29, 1.82) is 0 Å². The van der Waals surface area contributed by atoms with E-state index in [0.717, 1.165) is 17.6 Å². The molecule has 2 aromatic carbocycles. The Labute approximate surface area is 200 Å². The molecular weight excluding hydrogens is 404 g/mol. The first-order chi connectivity index (χ1) is 15.6. The van der Waals surface area contributed by atoms with Crippen molar-refractivity contribution in [3.05, 3.63) is 58.8 Å². The lowest BCUT2D eigenvalue weighted by atomic mass is 9.90. The number of benzene rings is 2. The van der Waals surface area contributed by atoms with Crippen LogP contribution in [0.25, 0.3) is 27.5 Å². The van der Waals surface area contributed by atoms with E-state index in [0.29, 0.717) is 5.92 Å². The molecule has 2 aromatic heterocycles. The van der Waals surface area contributed by atoms with E-state index in [2.05, 4.69) is 89.3 Å². The minimum Gasteiger partial charge on any atom is -0.360 e. The average molecular weight is 447 g/mol. The second kappa shape index (κ2) is 9.10. The van der Waals surface area contributed by atoms with Crippen molar-refractivity contribution >= 4 is 27.5 Å². The summed E-state index contributed by atoms with van der Waals surface area (Å²) >= 11 is 0. The van der Waals surface area contributed by atoms with E-state index in [9.17, 15) is 0 Å². The lowest BCUT2D eigenvalue weighted by molar-refractivity contribution is -0.105. The first-order valence-corrected chi connectivity index (χ1v) is 12.7. The maximum atomic E-state index is 6.39. The number of imidazole rings is 1. The van der Waals surface area contributed by atoms with Crippen LogP contribution in [0.4, 0.5) is 0 Å². The normalized spacial score (nSPS) is 16.7. The smallest absolute Gasteiger partial charge is 0.146 e. The van der Waals surface area contributed by atoms with Crippen LogP contribution in [0.3, 0.4) is 0 Å². The lowest BCUT2D eigenvalue weighted by Gasteiger charge is -2.24. The van der Waals surface area contributed by atoms with Gasteiger partial charge in [0, 0.05) is 11.1 Å². The summed E-state index contributed by atoms with van der Waals surface area (Å²) in [6.45, 7) is 23.4. The number of rotatable bonds is 2. The third-order valence-electron chi connectivity index (χ3n) is 6.81. The number of hydrogen-bond donors (Lipinski definition) is 0. The lowest BCUT2D eigenvalue weighted by Crippen LogP contribution is -2.22. The van der Waals surface area contributed by atoms with Gasteiger partial charge in [-0.05, 0) is 87.2 Å². The van der Waals surface area contributed by atoms with Crippen LogP contribution < -0.4 is 0 Å². The number of pyridine rings is 1. The van der Waals surface area contributed by atoms with Gasteiger partial charge in [0.25, 0.3) is 0 Å². The molecule has 5 rings (SSSR count). The van der Waals surface area contributed by atoms with Gasteiger partial charge in [-0.3, -0.25) is 4.40 Å². The van der Waals surface area contributed by atoms with Gasteiger partial charge in [0.2, 0.25) is 0 Å². The second-order valence-corrected chi connectivity index (χ2v) is 9.69. The summed E-state index contributed by atoms with van der Waals surface area (Å²) in [6, 6.07) is 13.5. The van der Waals surface area contributed by atoms with E-state index >= 15 is 0 Å². The van der Waals surface area contributed by atoms with Gasteiger partial charge >= 0.3 is 0 Å². The summed E-state index contributed by atoms with van der Waals surface area (Å²) in [7, 11) is 0. The molecule has 3 nitrogen and oxygen atoms in total. The molecule has 3 heterocycles. The van der Waals surface area contributed by atoms with Crippen molar-refractivity contribution in [2.24, 2.45) is 0 Å². The van der Waals surface area contributed by atoms with Gasteiger partial charge in [-0.15, -0.1) is 0 Å². The molecule has 178 valence electrons. The topological polar surface area (TPSA) is 26.5 Å². The Bertz CT molecular complexity index is 1290. The summed E-state index contributed by atoms with van der Waals surface area (Å²) in [5.74, 6) is 0.501. The standard InChI is InChI=1S/C26H30N2O.2C2H6/c1-8-15(2)18-11-9-10-17-12-16(3)28-22-14-20-19(25(4,5)29-26(20,6)7)13-21(22)27-24(28)23(17)18;2*1-2/h9-15H,8H2,1-7H3;2*1-2H3. The van der Waals surface area contributed by atoms with Gasteiger partial charge in [-0.1, -0.05) is 59.7 Å². The van der Waals surface area contributed by atoms with Crippen LogP contribution in [0.15, 0.2) is 36.4 Å². The van der Waals surface area contributed by atoms with Crippen LogP contribution >= 0.6 is 0 Å². The zero-order chi connectivity index (χ0) is 24.7. The molecule has 0 radical (unpaired) electrons. The monoisotopic (exact) mass is 446 g/mol. The predicted molar refractivity (Wildman–Crippen MR) is 143 cm³/mol. The van der Waals surface area contributed by atoms with Crippen LogP contribution in [0.5, 0.6) is 0 Å². The fourth-order valence-corrected chi connectivity index (χ4v) is 5.28. The number of aryl methyl sites for hydroxylation is 1. The Morgan fingerprint density at radius 1 is 0.939 bits per heavy atom. The molecule has 0 spiro atoms. The van der Waals surface area contributed by atoms with Crippen molar-refractivity contribution in [3.8, 4) is 0 Å². The zero-order valence-electron chi connectivity index (χ0n) is 22.6. The highest BCUT2D eigenvalue weighted by atomic mass is 16.5. The van der Waals surface area contributed by atoms with Crippen LogP contribution in [-0.4, -0.2) is 9.38 Å². The molecule has 33 heavy (non-hydrogen) atoms. The Morgan fingerprint density at radius 3 is 2.15 bits per heavy atom. The summed E-state index contributed by atoms with van der Waals surface area (Å²) in [4.78, 5) is 5.18. The van der Waals surface area contributed by atoms with Crippen LogP contribution in [0, 0.1) is 6.92 Å². The van der Waals surface area contributed by atoms with E-state index < -0.39 is 0 Å². The van der Waals surface area contributed by atoms with Gasteiger partial charge in [-0.2, -0.15) is 0 Å². The summed E-state index contributed by atoms with van der Waals surface area (Å²) in [5, 5.41) is 2.57. The van der Waals surface area contributed by atoms with Gasteiger partial charge in [0.05, 0.1) is 22.2 Å². The number of fused-ring (bicyclic) bond motifs is 6. The predicted octanol–water partition coefficient (Wildman–Crippen LogP) is 9.02. The molecule has 3 heteroatoms. The van der Waals surface area contributed by atoms with Gasteiger partial charge in [0.15, 0.2) is 0 Å². The highest BCUT2D eigenvalue weighted by Gasteiger charge is 2.43. The van der Waals surface area contributed by atoms with E-state index in [4.69, 9.17) is 9.72 Å². The van der Waals surface area contributed by atoms with E-state index in [1.165, 1.54) is 38.7 Å². The summed E-state index contributed by atoms with van der Waals surface area (Å²) < 4.78 is 8.73. The Kier molecular flexibility index (Phi) is 6.96. The second-order valence-electron chi connectivity index (χ2n) is 9.69. The maximum Gasteiger partial charge on any atom is 0.146 e. The van der Waals surface area contributed by atoms with Crippen LogP contribution in [0.2, 0.25) is 0 Å². The van der Waals surface area contributed by atoms with Crippen molar-refractivity contribution < 1.29 is 4.74 Å². The molecule has 0 amide bonds. The number of aromatic nitrogens is 2. The minimum atomic E-state index is -0.304. The molecule has 0 fully saturated rings. The van der Waals surface area contributed by atoms with Crippen molar-refractivity contribution in [2.45, 2.75) is 99.7 Å². The SMILES string of the molecule is CC.CC.CCC(C)c1cccc2cc(C)n3c4cc5c(cc4nc3c12)C(C)(C)OC5(C)C. The molecule has 4 aromatic rings. The van der Waals surface area contributed by atoms with Gasteiger partial charge in [-0.25, -0.2) is 4.98 Å². The van der Waals surface area contributed by atoms with Gasteiger partial charge < -0.3 is 4.74 Å². The fourth-order valence-electron chi connectivity index (χ4n) is 5.28. The number of ether oxygens (including phenoxy) is 1. The minimum absolute atomic E-state index is 0.302. The van der Waals surface area contributed by atoms with Crippen LogP contribution in [0.1, 0.15) is 104 Å². The fraction of sp³-hybridized carbons (Fsp3) is 0.500. The average Bonchev–Trinajstić information content (AvgIpc) is 3.26. The maximum absolute atomic E-state index is 6.39. The molecule has 1 aliphatic rings. The molecule has 1 unspecified atom stereocenters. The third kappa shape index (κ3) is 3.95. The Hall–Kier alpha value is -2.39. The van der Waals surface area contributed by atoms with E-state index in [1.54, 1.807) is 0 Å². The van der Waals surface area contributed by atoms with Crippen LogP contribution in [-0.2, 0) is 15.9 Å². The highest BCUT2D eigenvalue weighted by molar-refractivity contribution is 6.01. The molecule has 0 bridgehead atoms. The van der Waals surface area contributed by atoms with Crippen molar-refractivity contribution in [2.75, 3.05) is 0 Å². The first kappa shape index (κ1) is 25.2. The van der Waals surface area contributed by atoms with Gasteiger partial charge in [0.1, 0.15) is 5.65 Å². The van der Waals surface area contributed by atoms with E-state index in [1.807, 2.05) is 27.7 Å². The number of nitrogens with zero attached hydrogens (tertiary/aromatic N) is 2. The molecule has 0 saturated carbocycles. The Morgan fingerprint density at radius 2 is 1.55 bits per heavy atom.